The molecule has 0 bridgehead atoms. The molecule has 0 aromatic carbocycles. The number of rotatable bonds is 10. The summed E-state index contributed by atoms with van der Waals surface area (Å²) >= 11 is 0. The highest BCUT2D eigenvalue weighted by molar-refractivity contribution is 5.02. The van der Waals surface area contributed by atoms with Gasteiger partial charge in [0.2, 0.25) is 0 Å². The first kappa shape index (κ1) is 14.5. The van der Waals surface area contributed by atoms with Crippen molar-refractivity contribution in [2.24, 2.45) is 0 Å². The summed E-state index contributed by atoms with van der Waals surface area (Å²) in [6.07, 6.45) is 21.0. The summed E-state index contributed by atoms with van der Waals surface area (Å²) in [6, 6.07) is 0. The molecule has 0 rings (SSSR count). The van der Waals surface area contributed by atoms with Crippen LogP contribution in [0, 0.1) is 0 Å². The third-order valence-electron chi connectivity index (χ3n) is 2.58. The quantitative estimate of drug-likeness (QED) is 0.321. The lowest BCUT2D eigenvalue weighted by atomic mass is 10.1. The van der Waals surface area contributed by atoms with Crippen LogP contribution in [-0.2, 0) is 0 Å². The van der Waals surface area contributed by atoms with Crippen LogP contribution in [-0.4, -0.2) is 0 Å². The van der Waals surface area contributed by atoms with Gasteiger partial charge in [-0.25, -0.2) is 0 Å². The Morgan fingerprint density at radius 1 is 0.600 bits per heavy atom. The maximum atomic E-state index is 2.30. The Morgan fingerprint density at radius 3 is 1.73 bits per heavy atom. The van der Waals surface area contributed by atoms with Crippen molar-refractivity contribution in [2.75, 3.05) is 0 Å². The molecule has 0 fully saturated rings. The second kappa shape index (κ2) is 13.5. The van der Waals surface area contributed by atoms with Crippen LogP contribution in [0.2, 0.25) is 0 Å². The summed E-state index contributed by atoms with van der Waals surface area (Å²) in [5.41, 5.74) is 0. The van der Waals surface area contributed by atoms with Crippen LogP contribution < -0.4 is 0 Å². The zero-order chi connectivity index (χ0) is 11.2. The largest absolute Gasteiger partial charge is 0.0845 e. The molecule has 0 aliphatic carbocycles. The first-order valence-corrected chi connectivity index (χ1v) is 6.73. The predicted molar refractivity (Wildman–Crippen MR) is 71.2 cm³/mol. The SMILES string of the molecule is CCCC/C=C\C=C\CCCCCCC. The Morgan fingerprint density at radius 2 is 1.13 bits per heavy atom. The van der Waals surface area contributed by atoms with Gasteiger partial charge in [-0.2, -0.15) is 0 Å². The fourth-order valence-corrected chi connectivity index (χ4v) is 1.54. The molecule has 0 atom stereocenters. The van der Waals surface area contributed by atoms with Crippen molar-refractivity contribution in [3.05, 3.63) is 24.3 Å². The van der Waals surface area contributed by atoms with Gasteiger partial charge in [0, 0.05) is 0 Å². The molecule has 15 heavy (non-hydrogen) atoms. The van der Waals surface area contributed by atoms with Crippen LogP contribution in [0.25, 0.3) is 0 Å². The van der Waals surface area contributed by atoms with E-state index >= 15 is 0 Å². The van der Waals surface area contributed by atoms with Gasteiger partial charge in [-0.05, 0) is 19.3 Å². The molecule has 0 spiro atoms. The average Bonchev–Trinajstić information content (AvgIpc) is 2.26. The van der Waals surface area contributed by atoms with Crippen molar-refractivity contribution in [1.82, 2.24) is 0 Å². The van der Waals surface area contributed by atoms with Crippen molar-refractivity contribution in [3.63, 3.8) is 0 Å². The molecule has 0 aromatic heterocycles. The molecule has 0 heteroatoms. The van der Waals surface area contributed by atoms with E-state index in [0.29, 0.717) is 0 Å². The van der Waals surface area contributed by atoms with Gasteiger partial charge in [-0.3, -0.25) is 0 Å². The highest BCUT2D eigenvalue weighted by atomic mass is 13.9. The third kappa shape index (κ3) is 13.5. The first-order valence-electron chi connectivity index (χ1n) is 6.73. The van der Waals surface area contributed by atoms with Crippen LogP contribution in [0.1, 0.15) is 71.6 Å². The van der Waals surface area contributed by atoms with Gasteiger partial charge in [0.05, 0.1) is 0 Å². The topological polar surface area (TPSA) is 0 Å². The molecule has 0 heterocycles. The molecule has 0 aliphatic rings. The fraction of sp³-hybridized carbons (Fsp3) is 0.733. The fourth-order valence-electron chi connectivity index (χ4n) is 1.54. The zero-order valence-electron chi connectivity index (χ0n) is 10.7. The van der Waals surface area contributed by atoms with E-state index in [9.17, 15) is 0 Å². The minimum absolute atomic E-state index is 1.23. The van der Waals surface area contributed by atoms with Crippen molar-refractivity contribution in [3.8, 4) is 0 Å². The van der Waals surface area contributed by atoms with E-state index < -0.39 is 0 Å². The van der Waals surface area contributed by atoms with Gasteiger partial charge in [-0.15, -0.1) is 0 Å². The molecule has 0 aromatic rings. The zero-order valence-corrected chi connectivity index (χ0v) is 10.7. The van der Waals surface area contributed by atoms with Gasteiger partial charge in [0.1, 0.15) is 0 Å². The van der Waals surface area contributed by atoms with Gasteiger partial charge in [-0.1, -0.05) is 76.7 Å². The molecule has 88 valence electrons. The second-order valence-electron chi connectivity index (χ2n) is 4.20. The minimum Gasteiger partial charge on any atom is -0.0845 e. The van der Waals surface area contributed by atoms with Crippen LogP contribution in [0.15, 0.2) is 24.3 Å². The van der Waals surface area contributed by atoms with Crippen LogP contribution >= 0.6 is 0 Å². The summed E-state index contributed by atoms with van der Waals surface area (Å²) < 4.78 is 0. The van der Waals surface area contributed by atoms with Crippen molar-refractivity contribution in [1.29, 1.82) is 0 Å². The van der Waals surface area contributed by atoms with Crippen LogP contribution in [0.3, 0.4) is 0 Å². The molecule has 0 nitrogen and oxygen atoms in total. The molecule has 0 N–H and O–H groups in total. The predicted octanol–water partition coefficient (Wildman–Crippen LogP) is 5.65. The van der Waals surface area contributed by atoms with Gasteiger partial charge >= 0.3 is 0 Å². The Kier molecular flexibility index (Phi) is 13.0. The van der Waals surface area contributed by atoms with Crippen molar-refractivity contribution >= 4 is 0 Å². The van der Waals surface area contributed by atoms with E-state index in [1.54, 1.807) is 0 Å². The summed E-state index contributed by atoms with van der Waals surface area (Å²) in [5.74, 6) is 0. The number of hydrogen-bond donors (Lipinski definition) is 0. The van der Waals surface area contributed by atoms with Crippen molar-refractivity contribution < 1.29 is 0 Å². The monoisotopic (exact) mass is 208 g/mol. The maximum absolute atomic E-state index is 2.30. The molecule has 0 unspecified atom stereocenters. The lowest BCUT2D eigenvalue weighted by molar-refractivity contribution is 0.637. The van der Waals surface area contributed by atoms with E-state index in [4.69, 9.17) is 0 Å². The normalized spacial score (nSPS) is 11.9. The van der Waals surface area contributed by atoms with E-state index in [2.05, 4.69) is 38.2 Å². The third-order valence-corrected chi connectivity index (χ3v) is 2.58. The summed E-state index contributed by atoms with van der Waals surface area (Å²) in [7, 11) is 0. The highest BCUT2D eigenvalue weighted by Crippen LogP contribution is 2.05. The van der Waals surface area contributed by atoms with Crippen LogP contribution in [0.5, 0.6) is 0 Å². The second-order valence-corrected chi connectivity index (χ2v) is 4.20. The summed E-state index contributed by atoms with van der Waals surface area (Å²) in [5, 5.41) is 0. The Balaban J connectivity index is 3.13. The van der Waals surface area contributed by atoms with E-state index in [-0.39, 0.29) is 0 Å². The highest BCUT2D eigenvalue weighted by Gasteiger charge is 1.85. The molecular weight excluding hydrogens is 180 g/mol. The Labute approximate surface area is 96.5 Å². The standard InChI is InChI=1S/C15H28/c1-3-5-7-9-11-13-15-14-12-10-8-6-4-2/h9,11,13,15H,3-8,10,12,14H2,1-2H3/b11-9-,15-13+. The smallest absolute Gasteiger partial charge is 0.0348 e. The molecule has 0 saturated carbocycles. The van der Waals surface area contributed by atoms with E-state index in [1.165, 1.54) is 57.8 Å². The Hall–Kier alpha value is -0.520. The molecular formula is C15H28. The molecule has 0 radical (unpaired) electrons. The van der Waals surface area contributed by atoms with Gasteiger partial charge in [0.15, 0.2) is 0 Å². The van der Waals surface area contributed by atoms with Crippen LogP contribution in [0.4, 0.5) is 0 Å². The first-order chi connectivity index (χ1) is 7.41. The molecule has 0 aliphatic heterocycles. The lowest BCUT2D eigenvalue weighted by Crippen LogP contribution is -1.75. The number of hydrogen-bond acceptors (Lipinski definition) is 0. The summed E-state index contributed by atoms with van der Waals surface area (Å²) in [4.78, 5) is 0. The van der Waals surface area contributed by atoms with E-state index in [1.807, 2.05) is 0 Å². The van der Waals surface area contributed by atoms with E-state index in [0.717, 1.165) is 0 Å². The average molecular weight is 208 g/mol. The lowest BCUT2D eigenvalue weighted by Gasteiger charge is -1.95. The minimum atomic E-state index is 1.23. The van der Waals surface area contributed by atoms with Crippen molar-refractivity contribution in [2.45, 2.75) is 71.6 Å². The molecule has 0 saturated heterocycles. The summed E-state index contributed by atoms with van der Waals surface area (Å²) in [6.45, 7) is 4.50. The molecule has 0 amide bonds. The number of unbranched alkanes of at least 4 members (excludes halogenated alkanes) is 7. The van der Waals surface area contributed by atoms with Gasteiger partial charge in [0.25, 0.3) is 0 Å². The maximum Gasteiger partial charge on any atom is -0.0348 e. The Bertz CT molecular complexity index is 153. The number of allylic oxidation sites excluding steroid dienone is 4. The van der Waals surface area contributed by atoms with Gasteiger partial charge < -0.3 is 0 Å².